The normalized spacial score (nSPS) is 10.8. The van der Waals surface area contributed by atoms with Crippen LogP contribution < -0.4 is 4.74 Å². The molecule has 2 rings (SSSR count). The highest BCUT2D eigenvalue weighted by Crippen LogP contribution is 2.21. The molecular weight excluding hydrogens is 274 g/mol. The Morgan fingerprint density at radius 1 is 1.45 bits per heavy atom. The van der Waals surface area contributed by atoms with Crippen molar-refractivity contribution in [2.45, 2.75) is 33.3 Å². The van der Waals surface area contributed by atoms with E-state index >= 15 is 0 Å². The lowest BCUT2D eigenvalue weighted by molar-refractivity contribution is 0.0696. The molecule has 106 valence electrons. The second kappa shape index (κ2) is 6.05. The molecule has 0 unspecified atom stereocenters. The van der Waals surface area contributed by atoms with Gasteiger partial charge in [-0.05, 0) is 30.7 Å². The van der Waals surface area contributed by atoms with E-state index in [1.54, 1.807) is 36.5 Å². The van der Waals surface area contributed by atoms with Gasteiger partial charge in [-0.2, -0.15) is 0 Å². The van der Waals surface area contributed by atoms with Crippen LogP contribution in [0, 0.1) is 6.92 Å². The summed E-state index contributed by atoms with van der Waals surface area (Å²) in [6, 6.07) is 4.97. The number of carbonyl (C=O) groups is 1. The fraction of sp³-hybridized carbons (Fsp3) is 0.333. The third-order valence-corrected chi connectivity index (χ3v) is 4.07. The van der Waals surface area contributed by atoms with Crippen molar-refractivity contribution >= 4 is 17.3 Å². The Balaban J connectivity index is 2.03. The predicted octanol–water partition coefficient (Wildman–Crippen LogP) is 3.85. The topological polar surface area (TPSA) is 59.4 Å². The molecule has 0 fully saturated rings. The molecule has 2 aromatic rings. The van der Waals surface area contributed by atoms with Gasteiger partial charge in [0.2, 0.25) is 0 Å². The number of carboxylic acid groups (broad SMARTS) is 1. The van der Waals surface area contributed by atoms with Crippen molar-refractivity contribution in [2.75, 3.05) is 0 Å². The van der Waals surface area contributed by atoms with E-state index in [0.717, 1.165) is 10.7 Å². The SMILES string of the molecule is Cc1cc(OCc2csc(C(C)C)n2)ccc1C(=O)O. The van der Waals surface area contributed by atoms with Crippen LogP contribution in [0.1, 0.15) is 46.4 Å². The zero-order chi connectivity index (χ0) is 14.7. The van der Waals surface area contributed by atoms with Gasteiger partial charge in [-0.25, -0.2) is 9.78 Å². The lowest BCUT2D eigenvalue weighted by atomic mass is 10.1. The summed E-state index contributed by atoms with van der Waals surface area (Å²) in [4.78, 5) is 15.4. The van der Waals surface area contributed by atoms with Crippen LogP contribution in [0.25, 0.3) is 0 Å². The molecule has 0 saturated heterocycles. The summed E-state index contributed by atoms with van der Waals surface area (Å²) in [5.74, 6) is 0.160. The van der Waals surface area contributed by atoms with Gasteiger partial charge in [0.05, 0.1) is 16.3 Å². The first-order valence-electron chi connectivity index (χ1n) is 6.38. The van der Waals surface area contributed by atoms with Crippen molar-refractivity contribution in [1.82, 2.24) is 4.98 Å². The van der Waals surface area contributed by atoms with E-state index in [9.17, 15) is 4.79 Å². The number of nitrogens with zero attached hydrogens (tertiary/aromatic N) is 1. The van der Waals surface area contributed by atoms with Crippen LogP contribution in [0.5, 0.6) is 5.75 Å². The molecule has 0 aliphatic rings. The fourth-order valence-corrected chi connectivity index (χ4v) is 2.60. The summed E-state index contributed by atoms with van der Waals surface area (Å²) < 4.78 is 5.65. The minimum atomic E-state index is -0.921. The maximum absolute atomic E-state index is 10.9. The summed E-state index contributed by atoms with van der Waals surface area (Å²) in [6.45, 7) is 6.38. The lowest BCUT2D eigenvalue weighted by Gasteiger charge is -2.07. The highest BCUT2D eigenvalue weighted by atomic mass is 32.1. The van der Waals surface area contributed by atoms with Gasteiger partial charge in [-0.1, -0.05) is 13.8 Å². The van der Waals surface area contributed by atoms with E-state index in [0.29, 0.717) is 29.4 Å². The first-order chi connectivity index (χ1) is 9.47. The average molecular weight is 291 g/mol. The summed E-state index contributed by atoms with van der Waals surface area (Å²) in [7, 11) is 0. The average Bonchev–Trinajstić information content (AvgIpc) is 2.85. The molecule has 0 atom stereocenters. The first kappa shape index (κ1) is 14.5. The standard InChI is InChI=1S/C15H17NO3S/c1-9(2)14-16-11(8-20-14)7-19-12-4-5-13(15(17)18)10(3)6-12/h4-6,8-9H,7H2,1-3H3,(H,17,18). The van der Waals surface area contributed by atoms with Gasteiger partial charge in [0.15, 0.2) is 0 Å². The minimum Gasteiger partial charge on any atom is -0.487 e. The smallest absolute Gasteiger partial charge is 0.335 e. The van der Waals surface area contributed by atoms with Gasteiger partial charge in [0.1, 0.15) is 12.4 Å². The molecule has 1 aromatic heterocycles. The van der Waals surface area contributed by atoms with Crippen LogP contribution >= 0.6 is 11.3 Å². The molecule has 0 spiro atoms. The summed E-state index contributed by atoms with van der Waals surface area (Å²) >= 11 is 1.63. The van der Waals surface area contributed by atoms with Crippen LogP contribution in [-0.4, -0.2) is 16.1 Å². The summed E-state index contributed by atoms with van der Waals surface area (Å²) in [6.07, 6.45) is 0. The Morgan fingerprint density at radius 2 is 2.20 bits per heavy atom. The summed E-state index contributed by atoms with van der Waals surface area (Å²) in [5.41, 5.74) is 1.89. The van der Waals surface area contributed by atoms with Crippen LogP contribution in [0.2, 0.25) is 0 Å². The molecule has 0 bridgehead atoms. The van der Waals surface area contributed by atoms with Gasteiger partial charge >= 0.3 is 5.97 Å². The Morgan fingerprint density at radius 3 is 2.75 bits per heavy atom. The number of ether oxygens (including phenoxy) is 1. The van der Waals surface area contributed by atoms with Crippen LogP contribution in [-0.2, 0) is 6.61 Å². The number of hydrogen-bond acceptors (Lipinski definition) is 4. The quantitative estimate of drug-likeness (QED) is 0.909. The third kappa shape index (κ3) is 3.36. The number of thiazole rings is 1. The molecule has 5 heteroatoms. The van der Waals surface area contributed by atoms with E-state index < -0.39 is 5.97 Å². The van der Waals surface area contributed by atoms with Crippen LogP contribution in [0.4, 0.5) is 0 Å². The molecule has 20 heavy (non-hydrogen) atoms. The highest BCUT2D eigenvalue weighted by Gasteiger charge is 2.09. The molecule has 1 aromatic carbocycles. The minimum absolute atomic E-state index is 0.299. The summed E-state index contributed by atoms with van der Waals surface area (Å²) in [5, 5.41) is 12.1. The van der Waals surface area contributed by atoms with Crippen molar-refractivity contribution < 1.29 is 14.6 Å². The Bertz CT molecular complexity index is 619. The van der Waals surface area contributed by atoms with E-state index in [2.05, 4.69) is 18.8 Å². The molecule has 1 N–H and O–H groups in total. The van der Waals surface area contributed by atoms with E-state index in [4.69, 9.17) is 9.84 Å². The number of carboxylic acids is 1. The Labute approximate surface area is 122 Å². The first-order valence-corrected chi connectivity index (χ1v) is 7.26. The largest absolute Gasteiger partial charge is 0.487 e. The molecule has 1 heterocycles. The third-order valence-electron chi connectivity index (χ3n) is 2.88. The number of rotatable bonds is 5. The number of aromatic nitrogens is 1. The Kier molecular flexibility index (Phi) is 4.39. The second-order valence-corrected chi connectivity index (χ2v) is 5.79. The zero-order valence-electron chi connectivity index (χ0n) is 11.7. The van der Waals surface area contributed by atoms with Gasteiger partial charge < -0.3 is 9.84 Å². The van der Waals surface area contributed by atoms with E-state index in [1.165, 1.54) is 0 Å². The second-order valence-electron chi connectivity index (χ2n) is 4.90. The van der Waals surface area contributed by atoms with Crippen molar-refractivity contribution in [2.24, 2.45) is 0 Å². The van der Waals surface area contributed by atoms with Crippen molar-refractivity contribution in [3.8, 4) is 5.75 Å². The van der Waals surface area contributed by atoms with Crippen molar-refractivity contribution in [3.63, 3.8) is 0 Å². The molecule has 0 radical (unpaired) electrons. The maximum Gasteiger partial charge on any atom is 0.335 e. The van der Waals surface area contributed by atoms with Crippen molar-refractivity contribution in [3.05, 3.63) is 45.4 Å². The number of benzene rings is 1. The number of aryl methyl sites for hydroxylation is 1. The van der Waals surface area contributed by atoms with Gasteiger partial charge in [0, 0.05) is 11.3 Å². The van der Waals surface area contributed by atoms with Crippen molar-refractivity contribution in [1.29, 1.82) is 0 Å². The van der Waals surface area contributed by atoms with E-state index in [1.807, 2.05) is 5.38 Å². The van der Waals surface area contributed by atoms with Crippen LogP contribution in [0.3, 0.4) is 0 Å². The molecule has 0 aliphatic heterocycles. The molecule has 4 nitrogen and oxygen atoms in total. The number of aromatic carboxylic acids is 1. The predicted molar refractivity (Wildman–Crippen MR) is 78.7 cm³/mol. The fourth-order valence-electron chi connectivity index (χ4n) is 1.78. The van der Waals surface area contributed by atoms with Gasteiger partial charge in [-0.15, -0.1) is 11.3 Å². The van der Waals surface area contributed by atoms with Gasteiger partial charge in [-0.3, -0.25) is 0 Å². The maximum atomic E-state index is 10.9. The zero-order valence-corrected chi connectivity index (χ0v) is 12.5. The molecule has 0 aliphatic carbocycles. The lowest BCUT2D eigenvalue weighted by Crippen LogP contribution is -2.01. The highest BCUT2D eigenvalue weighted by molar-refractivity contribution is 7.09. The molecular formula is C15H17NO3S. The van der Waals surface area contributed by atoms with E-state index in [-0.39, 0.29) is 0 Å². The molecule has 0 amide bonds. The monoisotopic (exact) mass is 291 g/mol. The Hall–Kier alpha value is -1.88. The molecule has 0 saturated carbocycles. The van der Waals surface area contributed by atoms with Crippen LogP contribution in [0.15, 0.2) is 23.6 Å². The van der Waals surface area contributed by atoms with Gasteiger partial charge in [0.25, 0.3) is 0 Å². The number of hydrogen-bond donors (Lipinski definition) is 1.